The third kappa shape index (κ3) is 4.33. The zero-order valence-corrected chi connectivity index (χ0v) is 11.4. The molecule has 0 radical (unpaired) electrons. The van der Waals surface area contributed by atoms with Gasteiger partial charge in [-0.25, -0.2) is 0 Å². The van der Waals surface area contributed by atoms with Crippen LogP contribution < -0.4 is 10.1 Å². The molecule has 0 saturated carbocycles. The van der Waals surface area contributed by atoms with Gasteiger partial charge in [0.15, 0.2) is 0 Å². The van der Waals surface area contributed by atoms with Crippen LogP contribution in [-0.4, -0.2) is 24.0 Å². The summed E-state index contributed by atoms with van der Waals surface area (Å²) in [6.07, 6.45) is 0.211. The number of nitro groups is 1. The Kier molecular flexibility index (Phi) is 5.57. The number of rotatable bonds is 6. The first-order chi connectivity index (χ1) is 8.54. The normalized spacial score (nSPS) is 9.89. The zero-order valence-electron chi connectivity index (χ0n) is 9.81. The second-order valence-corrected chi connectivity index (χ2v) is 4.28. The average molecular weight is 317 g/mol. The first-order valence-electron chi connectivity index (χ1n) is 5.38. The summed E-state index contributed by atoms with van der Waals surface area (Å²) in [5.74, 6) is 0.243. The molecule has 0 aliphatic rings. The van der Waals surface area contributed by atoms with E-state index in [4.69, 9.17) is 4.74 Å². The van der Waals surface area contributed by atoms with Gasteiger partial charge < -0.3 is 10.1 Å². The van der Waals surface area contributed by atoms with Gasteiger partial charge in [0.2, 0.25) is 5.91 Å². The fraction of sp³-hybridized carbons (Fsp3) is 0.364. The molecule has 18 heavy (non-hydrogen) atoms. The molecule has 98 valence electrons. The quantitative estimate of drug-likeness (QED) is 0.644. The number of carbonyl (C=O) groups is 1. The van der Waals surface area contributed by atoms with E-state index in [1.165, 1.54) is 12.1 Å². The predicted octanol–water partition coefficient (Wildman–Crippen LogP) is 2.26. The lowest BCUT2D eigenvalue weighted by Gasteiger charge is -2.07. The second-order valence-electron chi connectivity index (χ2n) is 3.42. The number of nitrogens with zero attached hydrogens (tertiary/aromatic N) is 1. The van der Waals surface area contributed by atoms with E-state index >= 15 is 0 Å². The molecule has 7 heteroatoms. The first-order valence-corrected chi connectivity index (χ1v) is 6.17. The Hall–Kier alpha value is -1.63. The van der Waals surface area contributed by atoms with Crippen molar-refractivity contribution in [1.82, 2.24) is 5.32 Å². The first kappa shape index (κ1) is 14.4. The maximum atomic E-state index is 11.2. The Labute approximate surface area is 113 Å². The van der Waals surface area contributed by atoms with Crippen LogP contribution in [0.2, 0.25) is 0 Å². The summed E-state index contributed by atoms with van der Waals surface area (Å²) in [6, 6.07) is 4.24. The van der Waals surface area contributed by atoms with Crippen LogP contribution in [-0.2, 0) is 4.79 Å². The lowest BCUT2D eigenvalue weighted by molar-refractivity contribution is -0.385. The van der Waals surface area contributed by atoms with Gasteiger partial charge in [-0.15, -0.1) is 0 Å². The van der Waals surface area contributed by atoms with Crippen LogP contribution in [0.15, 0.2) is 22.7 Å². The number of benzene rings is 1. The molecule has 1 aromatic carbocycles. The minimum absolute atomic E-state index is 0.0498. The van der Waals surface area contributed by atoms with Gasteiger partial charge in [-0.2, -0.15) is 0 Å². The lowest BCUT2D eigenvalue weighted by Crippen LogP contribution is -2.24. The van der Waals surface area contributed by atoms with Crippen LogP contribution in [0.3, 0.4) is 0 Å². The molecule has 0 bridgehead atoms. The highest BCUT2D eigenvalue weighted by Gasteiger charge is 2.10. The number of amides is 1. The van der Waals surface area contributed by atoms with Crippen LogP contribution in [0.4, 0.5) is 5.69 Å². The third-order valence-corrected chi connectivity index (χ3v) is 2.74. The summed E-state index contributed by atoms with van der Waals surface area (Å²) >= 11 is 3.23. The SMILES string of the molecule is CCNC(=O)CCOc1cc([N+](=O)[O-])ccc1Br. The number of halogens is 1. The molecule has 1 rings (SSSR count). The second kappa shape index (κ2) is 6.95. The average Bonchev–Trinajstić information content (AvgIpc) is 2.31. The van der Waals surface area contributed by atoms with Crippen molar-refractivity contribution in [3.05, 3.63) is 32.8 Å². The molecule has 0 aliphatic heterocycles. The van der Waals surface area contributed by atoms with Gasteiger partial charge in [0.05, 0.1) is 28.5 Å². The number of non-ortho nitro benzene ring substituents is 1. The van der Waals surface area contributed by atoms with Crippen LogP contribution in [0.1, 0.15) is 13.3 Å². The number of ether oxygens (including phenoxy) is 1. The van der Waals surface area contributed by atoms with Gasteiger partial charge in [0, 0.05) is 12.6 Å². The van der Waals surface area contributed by atoms with E-state index in [0.717, 1.165) is 0 Å². The van der Waals surface area contributed by atoms with Crippen LogP contribution in [0.25, 0.3) is 0 Å². The Morgan fingerprint density at radius 1 is 1.56 bits per heavy atom. The van der Waals surface area contributed by atoms with Gasteiger partial charge in [0.25, 0.3) is 5.69 Å². The molecule has 0 atom stereocenters. The Bertz CT molecular complexity index is 451. The number of nitro benzene ring substituents is 1. The molecule has 0 saturated heterocycles. The molecular weight excluding hydrogens is 304 g/mol. The largest absolute Gasteiger partial charge is 0.492 e. The van der Waals surface area contributed by atoms with Crippen LogP contribution >= 0.6 is 15.9 Å². The Morgan fingerprint density at radius 3 is 2.89 bits per heavy atom. The molecule has 1 aromatic rings. The van der Waals surface area contributed by atoms with E-state index in [0.29, 0.717) is 16.8 Å². The number of carbonyl (C=O) groups excluding carboxylic acids is 1. The standard InChI is InChI=1S/C11H13BrN2O4/c1-2-13-11(15)5-6-18-10-7-8(14(16)17)3-4-9(10)12/h3-4,7H,2,5-6H2,1H3,(H,13,15). The van der Waals surface area contributed by atoms with E-state index in [1.807, 2.05) is 6.92 Å². The highest BCUT2D eigenvalue weighted by Crippen LogP contribution is 2.29. The molecule has 0 aliphatic carbocycles. The van der Waals surface area contributed by atoms with Gasteiger partial charge in [-0.05, 0) is 28.9 Å². The molecule has 0 spiro atoms. The van der Waals surface area contributed by atoms with E-state index in [2.05, 4.69) is 21.2 Å². The molecular formula is C11H13BrN2O4. The minimum atomic E-state index is -0.497. The number of hydrogen-bond donors (Lipinski definition) is 1. The van der Waals surface area contributed by atoms with Gasteiger partial charge in [-0.3, -0.25) is 14.9 Å². The van der Waals surface area contributed by atoms with Gasteiger partial charge >= 0.3 is 0 Å². The van der Waals surface area contributed by atoms with E-state index in [1.54, 1.807) is 6.07 Å². The maximum absolute atomic E-state index is 11.2. The van der Waals surface area contributed by atoms with Crippen molar-refractivity contribution in [3.63, 3.8) is 0 Å². The Balaban J connectivity index is 2.58. The van der Waals surface area contributed by atoms with Crippen LogP contribution in [0, 0.1) is 10.1 Å². The van der Waals surface area contributed by atoms with Crippen molar-refractivity contribution in [2.75, 3.05) is 13.2 Å². The van der Waals surface area contributed by atoms with Gasteiger partial charge in [0.1, 0.15) is 5.75 Å². The molecule has 0 aromatic heterocycles. The smallest absolute Gasteiger partial charge is 0.273 e. The fourth-order valence-electron chi connectivity index (χ4n) is 1.26. The van der Waals surface area contributed by atoms with Crippen molar-refractivity contribution in [3.8, 4) is 5.75 Å². The number of nitrogens with one attached hydrogen (secondary N) is 1. The molecule has 0 unspecified atom stereocenters. The topological polar surface area (TPSA) is 81.5 Å². The molecule has 1 amide bonds. The van der Waals surface area contributed by atoms with Crippen molar-refractivity contribution in [2.24, 2.45) is 0 Å². The minimum Gasteiger partial charge on any atom is -0.492 e. The summed E-state index contributed by atoms with van der Waals surface area (Å²) in [5.41, 5.74) is -0.0498. The predicted molar refractivity (Wildman–Crippen MR) is 69.6 cm³/mol. The number of hydrogen-bond acceptors (Lipinski definition) is 4. The van der Waals surface area contributed by atoms with Crippen molar-refractivity contribution >= 4 is 27.5 Å². The summed E-state index contributed by atoms with van der Waals surface area (Å²) in [4.78, 5) is 21.3. The van der Waals surface area contributed by atoms with Crippen molar-refractivity contribution < 1.29 is 14.5 Å². The monoisotopic (exact) mass is 316 g/mol. The molecule has 0 fully saturated rings. The van der Waals surface area contributed by atoms with Crippen molar-refractivity contribution in [1.29, 1.82) is 0 Å². The summed E-state index contributed by atoms with van der Waals surface area (Å²) in [7, 11) is 0. The van der Waals surface area contributed by atoms with E-state index in [-0.39, 0.29) is 24.6 Å². The summed E-state index contributed by atoms with van der Waals surface area (Å²) < 4.78 is 5.95. The third-order valence-electron chi connectivity index (χ3n) is 2.09. The highest BCUT2D eigenvalue weighted by molar-refractivity contribution is 9.10. The van der Waals surface area contributed by atoms with Crippen molar-refractivity contribution in [2.45, 2.75) is 13.3 Å². The van der Waals surface area contributed by atoms with Gasteiger partial charge in [-0.1, -0.05) is 0 Å². The fourth-order valence-corrected chi connectivity index (χ4v) is 1.62. The van der Waals surface area contributed by atoms with Crippen LogP contribution in [0.5, 0.6) is 5.75 Å². The molecule has 0 heterocycles. The highest BCUT2D eigenvalue weighted by atomic mass is 79.9. The van der Waals surface area contributed by atoms with E-state index < -0.39 is 4.92 Å². The zero-order chi connectivity index (χ0) is 13.5. The van der Waals surface area contributed by atoms with E-state index in [9.17, 15) is 14.9 Å². The lowest BCUT2D eigenvalue weighted by atomic mass is 10.3. The molecule has 6 nitrogen and oxygen atoms in total. The Morgan fingerprint density at radius 2 is 2.28 bits per heavy atom. The molecule has 1 N–H and O–H groups in total. The maximum Gasteiger partial charge on any atom is 0.273 e. The summed E-state index contributed by atoms with van der Waals surface area (Å²) in [5, 5.41) is 13.2. The summed E-state index contributed by atoms with van der Waals surface area (Å²) in [6.45, 7) is 2.57.